The maximum absolute atomic E-state index is 14.9. The van der Waals surface area contributed by atoms with Crippen molar-refractivity contribution in [3.05, 3.63) is 103 Å². The Hall–Kier alpha value is -2.41. The largest absolute Gasteiger partial charge is 0.392 e. The summed E-state index contributed by atoms with van der Waals surface area (Å²) in [5, 5.41) is 13.0. The van der Waals surface area contributed by atoms with Crippen LogP contribution in [-0.4, -0.2) is 16.9 Å². The van der Waals surface area contributed by atoms with Gasteiger partial charge in [0, 0.05) is 10.6 Å². The molecule has 0 aliphatic rings. The minimum absolute atomic E-state index is 0.488. The molecule has 0 aromatic heterocycles. The molecule has 3 heteroatoms. The Morgan fingerprint density at radius 3 is 1.76 bits per heavy atom. The number of benzene rings is 3. The third-order valence-corrected chi connectivity index (χ3v) is 9.72. The lowest BCUT2D eigenvalue weighted by atomic mass is 10.0. The maximum atomic E-state index is 14.9. The summed E-state index contributed by atoms with van der Waals surface area (Å²) in [6.07, 6.45) is 11.0. The van der Waals surface area contributed by atoms with E-state index < -0.39 is 18.9 Å². The van der Waals surface area contributed by atoms with Crippen LogP contribution < -0.4 is 10.6 Å². The fourth-order valence-corrected chi connectivity index (χ4v) is 7.54. The third-order valence-electron chi connectivity index (χ3n) is 6.23. The van der Waals surface area contributed by atoms with Gasteiger partial charge in [-0.3, -0.25) is 0 Å². The van der Waals surface area contributed by atoms with E-state index in [4.69, 9.17) is 0 Å². The van der Waals surface area contributed by atoms with Crippen LogP contribution in [0.1, 0.15) is 57.4 Å². The van der Waals surface area contributed by atoms with E-state index >= 15 is 0 Å². The second-order valence-corrected chi connectivity index (χ2v) is 11.7. The lowest BCUT2D eigenvalue weighted by Crippen LogP contribution is -2.33. The molecule has 3 aromatic carbocycles. The smallest absolute Gasteiger partial charge is 0.152 e. The first-order valence-corrected chi connectivity index (χ1v) is 14.1. The van der Waals surface area contributed by atoms with Crippen LogP contribution in [0.15, 0.2) is 97.1 Å². The summed E-state index contributed by atoms with van der Waals surface area (Å²) in [6, 6.07) is 29.4. The molecule has 0 radical (unpaired) electrons. The van der Waals surface area contributed by atoms with Crippen molar-refractivity contribution in [2.45, 2.75) is 63.6 Å². The van der Waals surface area contributed by atoms with Crippen molar-refractivity contribution >= 4 is 23.8 Å². The van der Waals surface area contributed by atoms with Crippen LogP contribution in [0.3, 0.4) is 0 Å². The highest BCUT2D eigenvalue weighted by Gasteiger charge is 2.39. The molecule has 0 heterocycles. The molecule has 0 aliphatic heterocycles. The molecule has 2 nitrogen and oxygen atoms in total. The van der Waals surface area contributed by atoms with Crippen LogP contribution in [0.2, 0.25) is 0 Å². The summed E-state index contributed by atoms with van der Waals surface area (Å²) in [7, 11) is -3.13. The Morgan fingerprint density at radius 1 is 0.727 bits per heavy atom. The number of hydrogen-bond donors (Lipinski definition) is 1. The van der Waals surface area contributed by atoms with Crippen LogP contribution >= 0.6 is 7.14 Å². The minimum atomic E-state index is -3.13. The number of aliphatic hydroxyl groups is 1. The van der Waals surface area contributed by atoms with Gasteiger partial charge in [-0.05, 0) is 12.0 Å². The average molecular weight is 461 g/mol. The Morgan fingerprint density at radius 2 is 1.21 bits per heavy atom. The molecule has 3 rings (SSSR count). The first-order valence-electron chi connectivity index (χ1n) is 12.3. The first-order chi connectivity index (χ1) is 16.2. The van der Waals surface area contributed by atoms with E-state index in [1.165, 1.54) is 25.7 Å². The molecule has 0 saturated heterocycles. The topological polar surface area (TPSA) is 37.3 Å². The van der Waals surface area contributed by atoms with Crippen LogP contribution in [0.5, 0.6) is 0 Å². The number of unbranched alkanes of at least 4 members (excludes halogenated alkanes) is 5. The summed E-state index contributed by atoms with van der Waals surface area (Å²) in [6.45, 7) is 2.22. The predicted octanol–water partition coefficient (Wildman–Crippen LogP) is 7.19. The van der Waals surface area contributed by atoms with Crippen molar-refractivity contribution in [3.63, 3.8) is 0 Å². The summed E-state index contributed by atoms with van der Waals surface area (Å²) < 4.78 is 14.9. The van der Waals surface area contributed by atoms with Crippen LogP contribution in [0, 0.1) is 0 Å². The highest BCUT2D eigenvalue weighted by atomic mass is 31.2. The summed E-state index contributed by atoms with van der Waals surface area (Å²) in [5.74, 6) is 0. The normalized spacial score (nSPS) is 13.8. The molecule has 2 atom stereocenters. The van der Waals surface area contributed by atoms with Gasteiger partial charge in [0.2, 0.25) is 0 Å². The third kappa shape index (κ3) is 7.03. The Bertz CT molecular complexity index is 956. The molecule has 0 amide bonds. The highest BCUT2D eigenvalue weighted by molar-refractivity contribution is 7.79. The monoisotopic (exact) mass is 460 g/mol. The zero-order chi connectivity index (χ0) is 23.4. The van der Waals surface area contributed by atoms with Gasteiger partial charge in [-0.2, -0.15) is 0 Å². The molecule has 0 unspecified atom stereocenters. The van der Waals surface area contributed by atoms with Gasteiger partial charge in [0.15, 0.2) is 7.14 Å². The van der Waals surface area contributed by atoms with E-state index in [1.807, 2.05) is 103 Å². The lowest BCUT2D eigenvalue weighted by Gasteiger charge is -2.30. The highest BCUT2D eigenvalue weighted by Crippen LogP contribution is 2.51. The molecule has 174 valence electrons. The van der Waals surface area contributed by atoms with Gasteiger partial charge in [-0.25, -0.2) is 0 Å². The second-order valence-electron chi connectivity index (χ2n) is 8.71. The molecule has 0 bridgehead atoms. The first kappa shape index (κ1) is 25.2. The quantitative estimate of drug-likeness (QED) is 0.216. The van der Waals surface area contributed by atoms with E-state index in [9.17, 15) is 9.67 Å². The Kier molecular flexibility index (Phi) is 10.2. The SMILES string of the molecule is CCCCCCCC[C@H](O)[C@H](/C=C/c1ccccc1)P(=O)(c1ccccc1)c1ccccc1. The van der Waals surface area contributed by atoms with E-state index in [-0.39, 0.29) is 0 Å². The van der Waals surface area contributed by atoms with E-state index in [0.717, 1.165) is 29.0 Å². The zero-order valence-corrected chi connectivity index (χ0v) is 20.6. The van der Waals surface area contributed by atoms with Gasteiger partial charge in [-0.1, -0.05) is 149 Å². The van der Waals surface area contributed by atoms with Crippen molar-refractivity contribution in [2.75, 3.05) is 0 Å². The summed E-state index contributed by atoms with van der Waals surface area (Å²) in [4.78, 5) is 0. The van der Waals surface area contributed by atoms with Crippen LogP contribution in [0.4, 0.5) is 0 Å². The Labute approximate surface area is 199 Å². The van der Waals surface area contributed by atoms with Gasteiger partial charge in [-0.15, -0.1) is 0 Å². The molecule has 33 heavy (non-hydrogen) atoms. The average Bonchev–Trinajstić information content (AvgIpc) is 2.87. The molecule has 0 aliphatic carbocycles. The molecular formula is C30H37O2P. The van der Waals surface area contributed by atoms with Gasteiger partial charge < -0.3 is 9.67 Å². The van der Waals surface area contributed by atoms with Gasteiger partial charge in [0.25, 0.3) is 0 Å². The number of aliphatic hydroxyl groups excluding tert-OH is 1. The van der Waals surface area contributed by atoms with Crippen LogP contribution in [0.25, 0.3) is 6.08 Å². The molecule has 0 spiro atoms. The zero-order valence-electron chi connectivity index (χ0n) is 19.7. The van der Waals surface area contributed by atoms with E-state index in [2.05, 4.69) is 6.92 Å². The molecule has 1 N–H and O–H groups in total. The van der Waals surface area contributed by atoms with Crippen molar-refractivity contribution in [1.82, 2.24) is 0 Å². The van der Waals surface area contributed by atoms with Crippen molar-refractivity contribution in [2.24, 2.45) is 0 Å². The van der Waals surface area contributed by atoms with Gasteiger partial charge in [0.05, 0.1) is 11.8 Å². The molecule has 3 aromatic rings. The van der Waals surface area contributed by atoms with Crippen molar-refractivity contribution in [1.29, 1.82) is 0 Å². The van der Waals surface area contributed by atoms with Gasteiger partial charge >= 0.3 is 0 Å². The summed E-state index contributed by atoms with van der Waals surface area (Å²) >= 11 is 0. The summed E-state index contributed by atoms with van der Waals surface area (Å²) in [5.41, 5.74) is 0.556. The fraction of sp³-hybridized carbons (Fsp3) is 0.333. The van der Waals surface area contributed by atoms with Crippen LogP contribution in [-0.2, 0) is 4.57 Å². The second kappa shape index (κ2) is 13.3. The van der Waals surface area contributed by atoms with Crippen molar-refractivity contribution < 1.29 is 9.67 Å². The molecule has 0 fully saturated rings. The van der Waals surface area contributed by atoms with E-state index in [1.54, 1.807) is 0 Å². The number of rotatable bonds is 13. The molecule has 0 saturated carbocycles. The standard InChI is InChI=1S/C30H37O2P/c1-2-3-4-5-6-16-23-29(31)30(25-24-26-17-10-7-11-18-26)33(32,27-19-12-8-13-20-27)28-21-14-9-15-22-28/h7-15,17-22,24-25,29-31H,2-6,16,23H2,1H3/b25-24+/t29-,30-/m0/s1. The minimum Gasteiger partial charge on any atom is -0.392 e. The fourth-order valence-electron chi connectivity index (χ4n) is 4.36. The van der Waals surface area contributed by atoms with Crippen molar-refractivity contribution in [3.8, 4) is 0 Å². The number of hydrogen-bond acceptors (Lipinski definition) is 2. The lowest BCUT2D eigenvalue weighted by molar-refractivity contribution is 0.166. The Balaban J connectivity index is 1.94. The maximum Gasteiger partial charge on any atom is 0.152 e. The molecular weight excluding hydrogens is 423 g/mol. The van der Waals surface area contributed by atoms with E-state index in [0.29, 0.717) is 6.42 Å². The predicted molar refractivity (Wildman–Crippen MR) is 143 cm³/mol. The van der Waals surface area contributed by atoms with Gasteiger partial charge in [0.1, 0.15) is 0 Å².